The minimum absolute atomic E-state index is 0.0994. The maximum Gasteiger partial charge on any atom is 0.271 e. The number of rotatable bonds is 11. The number of carbonyl (C=O) groups excluding carboxylic acids is 3. The third-order valence-electron chi connectivity index (χ3n) is 6.63. The van der Waals surface area contributed by atoms with Crippen molar-refractivity contribution in [2.75, 3.05) is 24.8 Å². The van der Waals surface area contributed by atoms with E-state index in [9.17, 15) is 14.4 Å². The van der Waals surface area contributed by atoms with Gasteiger partial charge in [-0.15, -0.1) is 11.8 Å². The summed E-state index contributed by atoms with van der Waals surface area (Å²) in [5.41, 5.74) is 6.43. The Hall–Kier alpha value is -5.09. The average Bonchev–Trinajstić information content (AvgIpc) is 3.40. The molecule has 1 aliphatic rings. The van der Waals surface area contributed by atoms with Crippen molar-refractivity contribution in [1.82, 2.24) is 10.3 Å². The second kappa shape index (κ2) is 14.2. The van der Waals surface area contributed by atoms with Gasteiger partial charge >= 0.3 is 0 Å². The van der Waals surface area contributed by atoms with Crippen molar-refractivity contribution in [2.24, 2.45) is 5.10 Å². The molecule has 1 heterocycles. The summed E-state index contributed by atoms with van der Waals surface area (Å²) in [6.07, 6.45) is 1.52. The van der Waals surface area contributed by atoms with E-state index < -0.39 is 0 Å². The third kappa shape index (κ3) is 8.02. The van der Waals surface area contributed by atoms with Crippen LogP contribution in [-0.4, -0.2) is 48.3 Å². The zero-order valence-corrected chi connectivity index (χ0v) is 24.3. The first-order chi connectivity index (χ1) is 21.0. The lowest BCUT2D eigenvalue weighted by molar-refractivity contribution is -0.128. The molecule has 1 aliphatic heterocycles. The SMILES string of the molecule is COc1ccc(NC(=O)COc2ccc(/C=N\NC(=O)c3ccc([C@H]4SCC(=O)N4Cc4ccccc4)cc3)cc2)cc1. The third-order valence-corrected chi connectivity index (χ3v) is 7.88. The largest absolute Gasteiger partial charge is 0.497 e. The quantitative estimate of drug-likeness (QED) is 0.181. The van der Waals surface area contributed by atoms with Gasteiger partial charge in [-0.05, 0) is 77.4 Å². The predicted molar refractivity (Wildman–Crippen MR) is 167 cm³/mol. The van der Waals surface area contributed by atoms with Crippen LogP contribution < -0.4 is 20.2 Å². The van der Waals surface area contributed by atoms with Crippen molar-refractivity contribution < 1.29 is 23.9 Å². The van der Waals surface area contributed by atoms with Gasteiger partial charge in [-0.2, -0.15) is 5.10 Å². The van der Waals surface area contributed by atoms with Gasteiger partial charge in [0.25, 0.3) is 11.8 Å². The molecule has 10 heteroatoms. The van der Waals surface area contributed by atoms with Crippen molar-refractivity contribution >= 4 is 41.4 Å². The molecule has 218 valence electrons. The van der Waals surface area contributed by atoms with Crippen LogP contribution in [-0.2, 0) is 16.1 Å². The summed E-state index contributed by atoms with van der Waals surface area (Å²) in [5, 5.41) is 6.71. The second-order valence-corrected chi connectivity index (χ2v) is 10.7. The fourth-order valence-electron chi connectivity index (χ4n) is 4.38. The Balaban J connectivity index is 1.08. The summed E-state index contributed by atoms with van der Waals surface area (Å²) >= 11 is 1.58. The van der Waals surface area contributed by atoms with E-state index in [1.165, 1.54) is 6.21 Å². The van der Waals surface area contributed by atoms with Crippen molar-refractivity contribution in [2.45, 2.75) is 11.9 Å². The molecule has 0 aromatic heterocycles. The number of ether oxygens (including phenoxy) is 2. The topological polar surface area (TPSA) is 109 Å². The molecule has 4 aromatic rings. The van der Waals surface area contributed by atoms with Crippen LogP contribution >= 0.6 is 11.8 Å². The molecule has 0 spiro atoms. The molecule has 0 unspecified atom stereocenters. The number of methoxy groups -OCH3 is 1. The first kappa shape index (κ1) is 29.4. The Morgan fingerprint density at radius 1 is 0.930 bits per heavy atom. The zero-order valence-electron chi connectivity index (χ0n) is 23.4. The molecule has 5 rings (SSSR count). The van der Waals surface area contributed by atoms with Crippen LogP contribution in [0.4, 0.5) is 5.69 Å². The van der Waals surface area contributed by atoms with E-state index in [0.717, 1.165) is 16.7 Å². The number of hydrogen-bond acceptors (Lipinski definition) is 7. The predicted octanol–water partition coefficient (Wildman–Crippen LogP) is 5.25. The Labute approximate surface area is 253 Å². The van der Waals surface area contributed by atoms with E-state index in [1.807, 2.05) is 47.4 Å². The molecule has 1 fully saturated rings. The van der Waals surface area contributed by atoms with Crippen LogP contribution in [0.3, 0.4) is 0 Å². The van der Waals surface area contributed by atoms with Gasteiger partial charge in [0, 0.05) is 17.8 Å². The summed E-state index contributed by atoms with van der Waals surface area (Å²) in [7, 11) is 1.58. The number of carbonyl (C=O) groups is 3. The molecule has 0 aliphatic carbocycles. The fourth-order valence-corrected chi connectivity index (χ4v) is 5.57. The summed E-state index contributed by atoms with van der Waals surface area (Å²) in [4.78, 5) is 39.2. The number of nitrogens with one attached hydrogen (secondary N) is 2. The number of hydrazone groups is 1. The highest BCUT2D eigenvalue weighted by molar-refractivity contribution is 8.00. The molecule has 43 heavy (non-hydrogen) atoms. The zero-order chi connectivity index (χ0) is 30.0. The van der Waals surface area contributed by atoms with E-state index in [-0.39, 0.29) is 29.7 Å². The van der Waals surface area contributed by atoms with Gasteiger partial charge in [-0.1, -0.05) is 42.5 Å². The van der Waals surface area contributed by atoms with E-state index >= 15 is 0 Å². The highest BCUT2D eigenvalue weighted by atomic mass is 32.2. The fraction of sp³-hybridized carbons (Fsp3) is 0.152. The molecular weight excluding hydrogens is 564 g/mol. The highest BCUT2D eigenvalue weighted by Gasteiger charge is 2.32. The molecule has 4 aromatic carbocycles. The normalized spacial score (nSPS) is 14.5. The Bertz CT molecular complexity index is 1580. The molecule has 9 nitrogen and oxygen atoms in total. The minimum atomic E-state index is -0.345. The van der Waals surface area contributed by atoms with Gasteiger partial charge in [-0.25, -0.2) is 5.43 Å². The lowest BCUT2D eigenvalue weighted by atomic mass is 10.1. The monoisotopic (exact) mass is 594 g/mol. The van der Waals surface area contributed by atoms with Gasteiger partial charge in [0.2, 0.25) is 5.91 Å². The summed E-state index contributed by atoms with van der Waals surface area (Å²) in [6.45, 7) is 0.399. The lowest BCUT2D eigenvalue weighted by Crippen LogP contribution is -2.27. The first-order valence-electron chi connectivity index (χ1n) is 13.5. The van der Waals surface area contributed by atoms with E-state index in [0.29, 0.717) is 35.0 Å². The van der Waals surface area contributed by atoms with Gasteiger partial charge in [0.1, 0.15) is 16.9 Å². The maximum atomic E-state index is 12.6. The molecule has 3 amide bonds. The Kier molecular flexibility index (Phi) is 9.71. The molecule has 1 saturated heterocycles. The maximum absolute atomic E-state index is 12.6. The van der Waals surface area contributed by atoms with Crippen LogP contribution in [0.2, 0.25) is 0 Å². The lowest BCUT2D eigenvalue weighted by Gasteiger charge is -2.24. The number of hydrogen-bond donors (Lipinski definition) is 2. The number of thioether (sulfide) groups is 1. The molecule has 0 radical (unpaired) electrons. The van der Waals surface area contributed by atoms with Gasteiger partial charge in [-0.3, -0.25) is 14.4 Å². The minimum Gasteiger partial charge on any atom is -0.497 e. The molecule has 0 bridgehead atoms. The van der Waals surface area contributed by atoms with Crippen molar-refractivity contribution in [3.63, 3.8) is 0 Å². The Morgan fingerprint density at radius 2 is 1.63 bits per heavy atom. The standard InChI is InChI=1S/C33H30N4O5S/c1-41-28-17-13-27(14-18-28)35-30(38)21-42-29-15-7-23(8-16-29)19-34-36-32(40)25-9-11-26(12-10-25)33-37(31(39)22-43-33)20-24-5-3-2-4-6-24/h2-19,33H,20-22H2,1H3,(H,35,38)(H,36,40)/b34-19-/t33-/m1/s1. The van der Waals surface area contributed by atoms with Crippen LogP contribution in [0.25, 0.3) is 0 Å². The van der Waals surface area contributed by atoms with Gasteiger partial charge < -0.3 is 19.7 Å². The van der Waals surface area contributed by atoms with Gasteiger partial charge in [0.15, 0.2) is 6.61 Å². The molecule has 2 N–H and O–H groups in total. The number of amides is 3. The number of nitrogens with zero attached hydrogens (tertiary/aromatic N) is 2. The smallest absolute Gasteiger partial charge is 0.271 e. The van der Waals surface area contributed by atoms with Crippen molar-refractivity contribution in [1.29, 1.82) is 0 Å². The van der Waals surface area contributed by atoms with Gasteiger partial charge in [0.05, 0.1) is 19.1 Å². The average molecular weight is 595 g/mol. The second-order valence-electron chi connectivity index (χ2n) is 9.63. The van der Waals surface area contributed by atoms with Crippen molar-refractivity contribution in [3.8, 4) is 11.5 Å². The first-order valence-corrected chi connectivity index (χ1v) is 14.6. The summed E-state index contributed by atoms with van der Waals surface area (Å²) in [6, 6.07) is 31.1. The molecule has 1 atom stereocenters. The highest BCUT2D eigenvalue weighted by Crippen LogP contribution is 2.39. The van der Waals surface area contributed by atoms with E-state index in [1.54, 1.807) is 79.5 Å². The van der Waals surface area contributed by atoms with Crippen LogP contribution in [0.1, 0.15) is 32.4 Å². The van der Waals surface area contributed by atoms with Crippen LogP contribution in [0, 0.1) is 0 Å². The van der Waals surface area contributed by atoms with Crippen LogP contribution in [0.5, 0.6) is 11.5 Å². The molecule has 0 saturated carbocycles. The van der Waals surface area contributed by atoms with E-state index in [4.69, 9.17) is 9.47 Å². The number of anilines is 1. The summed E-state index contributed by atoms with van der Waals surface area (Å²) < 4.78 is 10.7. The molecular formula is C33H30N4O5S. The van der Waals surface area contributed by atoms with Crippen molar-refractivity contribution in [3.05, 3.63) is 125 Å². The van der Waals surface area contributed by atoms with Crippen LogP contribution in [0.15, 0.2) is 108 Å². The Morgan fingerprint density at radius 3 is 2.33 bits per heavy atom. The summed E-state index contributed by atoms with van der Waals surface area (Å²) in [5.74, 6) is 1.13. The van der Waals surface area contributed by atoms with E-state index in [2.05, 4.69) is 15.8 Å². The number of benzene rings is 4.